The molecule has 0 aliphatic heterocycles. The van der Waals surface area contributed by atoms with Gasteiger partial charge in [-0.1, -0.05) is 46.3 Å². The van der Waals surface area contributed by atoms with Gasteiger partial charge in [-0.05, 0) is 104 Å². The third kappa shape index (κ3) is 8.17. The molecule has 3 saturated carbocycles. The molecule has 220 valence electrons. The van der Waals surface area contributed by atoms with E-state index < -0.39 is 44.3 Å². The number of hydrogen-bond acceptors (Lipinski definition) is 9. The fraction of sp³-hybridized carbons (Fsp3) is 0.926. The average molecular weight is 623 g/mol. The number of aliphatic hydroxyl groups excluding tert-OH is 1. The first-order chi connectivity index (χ1) is 17.4. The molecule has 1 N–H and O–H groups in total. The van der Waals surface area contributed by atoms with Crippen LogP contribution < -0.4 is 59.1 Å². The standard InChI is InChI=1S/C27H46O9S2.2Na/c1-16(2)12-18(28)13-17(3)21-6-7-22-20-15-25(36-38(32,33)34)24-14-19(35-37(29,30)31)8-10-27(24,5)23(20)9-11-26(21,22)4;;/h9,16-22,24-25,28H,6-8,10-15H2,1-5H3,(H,29,30,31)(H,32,33,34);;/q;2*+1/p-2/t17-,18+,19+,20+,21-,22+,24-,25+,26-,27-;;/m1../s1. The van der Waals surface area contributed by atoms with Gasteiger partial charge in [0, 0.05) is 0 Å². The van der Waals surface area contributed by atoms with E-state index in [1.165, 1.54) is 5.57 Å². The number of allylic oxidation sites excluding steroid dienone is 2. The smallest absolute Gasteiger partial charge is 0.726 e. The topological polar surface area (TPSA) is 153 Å². The van der Waals surface area contributed by atoms with Crippen LogP contribution in [0.1, 0.15) is 92.4 Å². The van der Waals surface area contributed by atoms with Crippen molar-refractivity contribution in [3.05, 3.63) is 11.6 Å². The van der Waals surface area contributed by atoms with Gasteiger partial charge < -0.3 is 14.2 Å². The van der Waals surface area contributed by atoms with E-state index in [0.29, 0.717) is 42.9 Å². The number of hydrogen-bond donors (Lipinski definition) is 1. The van der Waals surface area contributed by atoms with E-state index in [9.17, 15) is 31.0 Å². The summed E-state index contributed by atoms with van der Waals surface area (Å²) in [4.78, 5) is 0. The van der Waals surface area contributed by atoms with Crippen molar-refractivity contribution in [1.29, 1.82) is 0 Å². The summed E-state index contributed by atoms with van der Waals surface area (Å²) in [6, 6.07) is 0. The summed E-state index contributed by atoms with van der Waals surface area (Å²) in [5, 5.41) is 10.6. The largest absolute Gasteiger partial charge is 1.00 e. The van der Waals surface area contributed by atoms with Gasteiger partial charge in [0.2, 0.25) is 20.8 Å². The molecule has 0 aromatic heterocycles. The Morgan fingerprint density at radius 3 is 2.15 bits per heavy atom. The molecule has 0 amide bonds. The van der Waals surface area contributed by atoms with Gasteiger partial charge in [0.25, 0.3) is 0 Å². The maximum absolute atomic E-state index is 11.8. The normalized spacial score (nSPS) is 39.1. The molecule has 0 heterocycles. The molecule has 0 radical (unpaired) electrons. The molecule has 4 aliphatic carbocycles. The quantitative estimate of drug-likeness (QED) is 0.137. The molecule has 3 fully saturated rings. The summed E-state index contributed by atoms with van der Waals surface area (Å²) >= 11 is 0. The first-order valence-corrected chi connectivity index (χ1v) is 16.8. The van der Waals surface area contributed by atoms with Crippen LogP contribution in [0, 0.1) is 46.3 Å². The summed E-state index contributed by atoms with van der Waals surface area (Å²) < 4.78 is 79.0. The van der Waals surface area contributed by atoms with E-state index in [2.05, 4.69) is 40.7 Å². The Morgan fingerprint density at radius 2 is 1.57 bits per heavy atom. The van der Waals surface area contributed by atoms with Crippen molar-refractivity contribution in [1.82, 2.24) is 0 Å². The monoisotopic (exact) mass is 622 g/mol. The molecule has 0 unspecified atom stereocenters. The van der Waals surface area contributed by atoms with Gasteiger partial charge in [-0.25, -0.2) is 16.8 Å². The minimum Gasteiger partial charge on any atom is -0.726 e. The van der Waals surface area contributed by atoms with Gasteiger partial charge in [-0.2, -0.15) is 0 Å². The second kappa shape index (κ2) is 13.8. The van der Waals surface area contributed by atoms with Gasteiger partial charge in [0.15, 0.2) is 0 Å². The second-order valence-electron chi connectivity index (χ2n) is 13.5. The molecular weight excluding hydrogens is 578 g/mol. The van der Waals surface area contributed by atoms with Crippen LogP contribution in [0.5, 0.6) is 0 Å². The average Bonchev–Trinajstić information content (AvgIpc) is 3.09. The molecule has 10 atom stereocenters. The number of fused-ring (bicyclic) bond motifs is 5. The summed E-state index contributed by atoms with van der Waals surface area (Å²) in [6.45, 7) is 10.9. The van der Waals surface area contributed by atoms with Gasteiger partial charge in [-0.15, -0.1) is 0 Å². The summed E-state index contributed by atoms with van der Waals surface area (Å²) in [5.74, 6) is 1.10. The minimum absolute atomic E-state index is 0. The molecular formula is C27H44Na2O9S2. The van der Waals surface area contributed by atoms with E-state index in [1.807, 2.05) is 0 Å². The van der Waals surface area contributed by atoms with Gasteiger partial charge in [-0.3, -0.25) is 8.37 Å². The van der Waals surface area contributed by atoms with Crippen molar-refractivity contribution in [2.75, 3.05) is 0 Å². The van der Waals surface area contributed by atoms with Crippen LogP contribution in [0.3, 0.4) is 0 Å². The van der Waals surface area contributed by atoms with Crippen molar-refractivity contribution < 1.29 is 98.5 Å². The van der Waals surface area contributed by atoms with E-state index in [0.717, 1.165) is 32.1 Å². The molecule has 4 aliphatic rings. The van der Waals surface area contributed by atoms with E-state index >= 15 is 0 Å². The molecule has 13 heteroatoms. The molecule has 4 rings (SSSR count). The van der Waals surface area contributed by atoms with Crippen LogP contribution in [0.15, 0.2) is 11.6 Å². The first-order valence-electron chi connectivity index (χ1n) is 14.1. The molecule has 0 bridgehead atoms. The molecule has 9 nitrogen and oxygen atoms in total. The van der Waals surface area contributed by atoms with Gasteiger partial charge in [0.1, 0.15) is 0 Å². The zero-order valence-electron chi connectivity index (χ0n) is 25.2. The SMILES string of the molecule is CC(C)C[C@H](O)C[C@@H](C)[C@H]1CC[C@H]2[C@@H]3C[C@H](OS(=O)(=O)[O-])[C@H]4C[C@@H](OS(=O)(=O)[O-])CC[C@]4(C)C3=CC[C@]12C.[Na+].[Na+]. The molecule has 0 aromatic carbocycles. The summed E-state index contributed by atoms with van der Waals surface area (Å²) in [7, 11) is -9.91. The maximum Gasteiger partial charge on any atom is 1.00 e. The Balaban J connectivity index is 0.00000280. The van der Waals surface area contributed by atoms with Crippen LogP contribution in [0.2, 0.25) is 0 Å². The third-order valence-electron chi connectivity index (χ3n) is 10.6. The predicted octanol–water partition coefficient (Wildman–Crippen LogP) is -1.69. The van der Waals surface area contributed by atoms with Crippen molar-refractivity contribution in [3.63, 3.8) is 0 Å². The molecule has 0 aromatic rings. The predicted molar refractivity (Wildman–Crippen MR) is 139 cm³/mol. The first kappa shape index (κ1) is 37.6. The Morgan fingerprint density at radius 1 is 0.950 bits per heavy atom. The summed E-state index contributed by atoms with van der Waals surface area (Å²) in [5.41, 5.74) is 0.764. The fourth-order valence-electron chi connectivity index (χ4n) is 9.23. The Kier molecular flexibility index (Phi) is 13.0. The fourth-order valence-corrected chi connectivity index (χ4v) is 10.2. The minimum atomic E-state index is -4.99. The van der Waals surface area contributed by atoms with Crippen LogP contribution in [-0.4, -0.2) is 49.4 Å². The van der Waals surface area contributed by atoms with Crippen molar-refractivity contribution in [2.24, 2.45) is 46.3 Å². The van der Waals surface area contributed by atoms with Crippen molar-refractivity contribution in [2.45, 2.75) is 111 Å². The van der Waals surface area contributed by atoms with Crippen LogP contribution in [0.4, 0.5) is 0 Å². The Labute approximate surface area is 285 Å². The van der Waals surface area contributed by atoms with E-state index in [-0.39, 0.29) is 83.0 Å². The molecule has 40 heavy (non-hydrogen) atoms. The Hall–Kier alpha value is 1.44. The second-order valence-corrected chi connectivity index (χ2v) is 15.5. The van der Waals surface area contributed by atoms with Gasteiger partial charge in [0.05, 0.1) is 18.3 Å². The van der Waals surface area contributed by atoms with Crippen molar-refractivity contribution in [3.8, 4) is 0 Å². The van der Waals surface area contributed by atoms with E-state index in [1.54, 1.807) is 0 Å². The zero-order chi connectivity index (χ0) is 28.3. The van der Waals surface area contributed by atoms with Gasteiger partial charge >= 0.3 is 59.1 Å². The van der Waals surface area contributed by atoms with Crippen LogP contribution in [-0.2, 0) is 29.2 Å². The third-order valence-corrected chi connectivity index (χ3v) is 11.6. The number of rotatable bonds is 9. The van der Waals surface area contributed by atoms with E-state index in [4.69, 9.17) is 8.37 Å². The summed E-state index contributed by atoms with van der Waals surface area (Å²) in [6.07, 6.45) is 6.05. The van der Waals surface area contributed by atoms with Crippen molar-refractivity contribution >= 4 is 20.8 Å². The zero-order valence-corrected chi connectivity index (χ0v) is 30.8. The number of aliphatic hydroxyl groups is 1. The van der Waals surface area contributed by atoms with Crippen LogP contribution >= 0.6 is 0 Å². The molecule has 0 spiro atoms. The van der Waals surface area contributed by atoms with Crippen LogP contribution in [0.25, 0.3) is 0 Å². The Bertz CT molecular complexity index is 1130. The maximum atomic E-state index is 11.8. The molecule has 0 saturated heterocycles.